The van der Waals surface area contributed by atoms with Gasteiger partial charge in [-0.05, 0) is 11.8 Å². The minimum absolute atomic E-state index is 0.0171. The molecule has 90 valence electrons. The topological polar surface area (TPSA) is 43.4 Å². The van der Waals surface area contributed by atoms with Crippen molar-refractivity contribution in [1.29, 1.82) is 0 Å². The maximum absolute atomic E-state index is 12.1. The van der Waals surface area contributed by atoms with Crippen LogP contribution in [0.2, 0.25) is 0 Å². The Morgan fingerprint density at radius 3 is 2.47 bits per heavy atom. The van der Waals surface area contributed by atoms with Crippen LogP contribution in [0.15, 0.2) is 30.3 Å². The fourth-order valence-electron chi connectivity index (χ4n) is 2.36. The normalized spacial score (nSPS) is 26.4. The average molecular weight is 232 g/mol. The molecule has 0 unspecified atom stereocenters. The molecule has 3 nitrogen and oxygen atoms in total. The molecule has 0 bridgehead atoms. The molecule has 0 heterocycles. The quantitative estimate of drug-likeness (QED) is 0.591. The first-order valence-corrected chi connectivity index (χ1v) is 5.81. The van der Waals surface area contributed by atoms with Crippen molar-refractivity contribution in [1.82, 2.24) is 0 Å². The van der Waals surface area contributed by atoms with Crippen LogP contribution in [-0.4, -0.2) is 18.9 Å². The number of hydrogen-bond acceptors (Lipinski definition) is 3. The molecular formula is C14H16O3. The molecule has 0 spiro atoms. The SMILES string of the molecule is COC(=O)C[C@H]1[C@@H](C)[C@H]1C(=O)c1ccccc1. The van der Waals surface area contributed by atoms with Crippen LogP contribution in [0.3, 0.4) is 0 Å². The Balaban J connectivity index is 2.01. The monoisotopic (exact) mass is 232 g/mol. The predicted molar refractivity (Wildman–Crippen MR) is 63.5 cm³/mol. The van der Waals surface area contributed by atoms with E-state index in [0.717, 1.165) is 5.56 Å². The molecule has 1 aliphatic carbocycles. The van der Waals surface area contributed by atoms with Crippen molar-refractivity contribution >= 4 is 11.8 Å². The van der Waals surface area contributed by atoms with Gasteiger partial charge in [0.2, 0.25) is 0 Å². The van der Waals surface area contributed by atoms with E-state index < -0.39 is 0 Å². The molecule has 0 N–H and O–H groups in total. The second kappa shape index (κ2) is 4.70. The van der Waals surface area contributed by atoms with E-state index in [1.54, 1.807) is 0 Å². The van der Waals surface area contributed by atoms with E-state index in [2.05, 4.69) is 4.74 Å². The van der Waals surface area contributed by atoms with Gasteiger partial charge in [0.15, 0.2) is 5.78 Å². The van der Waals surface area contributed by atoms with E-state index in [-0.39, 0.29) is 29.5 Å². The van der Waals surface area contributed by atoms with E-state index in [1.165, 1.54) is 7.11 Å². The van der Waals surface area contributed by atoms with Gasteiger partial charge in [-0.2, -0.15) is 0 Å². The molecule has 0 aliphatic heterocycles. The number of ether oxygens (including phenoxy) is 1. The number of rotatable bonds is 4. The summed E-state index contributed by atoms with van der Waals surface area (Å²) >= 11 is 0. The Bertz CT molecular complexity index is 424. The first-order chi connectivity index (χ1) is 8.15. The third-order valence-electron chi connectivity index (χ3n) is 3.55. The zero-order valence-corrected chi connectivity index (χ0v) is 10.1. The van der Waals surface area contributed by atoms with E-state index in [0.29, 0.717) is 6.42 Å². The third kappa shape index (κ3) is 2.38. The number of benzene rings is 1. The largest absolute Gasteiger partial charge is 0.469 e. The zero-order chi connectivity index (χ0) is 12.4. The van der Waals surface area contributed by atoms with E-state index in [4.69, 9.17) is 0 Å². The molecule has 0 aromatic heterocycles. The Labute approximate surface area is 101 Å². The van der Waals surface area contributed by atoms with Crippen LogP contribution in [0.4, 0.5) is 0 Å². The number of hydrogen-bond donors (Lipinski definition) is 0. The minimum Gasteiger partial charge on any atom is -0.469 e. The molecule has 1 aromatic rings. The molecule has 2 rings (SSSR count). The van der Waals surface area contributed by atoms with Crippen molar-refractivity contribution in [3.63, 3.8) is 0 Å². The third-order valence-corrected chi connectivity index (χ3v) is 3.55. The Hall–Kier alpha value is -1.64. The first kappa shape index (κ1) is 11.8. The second-order valence-corrected chi connectivity index (χ2v) is 4.56. The highest BCUT2D eigenvalue weighted by atomic mass is 16.5. The summed E-state index contributed by atoms with van der Waals surface area (Å²) in [5.41, 5.74) is 0.733. The number of methoxy groups -OCH3 is 1. The van der Waals surface area contributed by atoms with Crippen LogP contribution in [0.5, 0.6) is 0 Å². The lowest BCUT2D eigenvalue weighted by molar-refractivity contribution is -0.141. The van der Waals surface area contributed by atoms with Crippen molar-refractivity contribution in [2.75, 3.05) is 7.11 Å². The number of Topliss-reactive ketones (excluding diaryl/α,β-unsaturated/α-hetero) is 1. The van der Waals surface area contributed by atoms with Gasteiger partial charge in [-0.3, -0.25) is 9.59 Å². The van der Waals surface area contributed by atoms with Gasteiger partial charge in [0.05, 0.1) is 7.11 Å². The summed E-state index contributed by atoms with van der Waals surface area (Å²) in [6, 6.07) is 9.25. The Morgan fingerprint density at radius 2 is 1.88 bits per heavy atom. The number of carbonyl (C=O) groups excluding carboxylic acids is 2. The molecule has 3 heteroatoms. The van der Waals surface area contributed by atoms with Crippen molar-refractivity contribution < 1.29 is 14.3 Å². The standard InChI is InChI=1S/C14H16O3/c1-9-11(8-12(15)17-2)13(9)14(16)10-6-4-3-5-7-10/h3-7,9,11,13H,8H2,1-2H3/t9-,11+,13-/m1/s1. The van der Waals surface area contributed by atoms with Gasteiger partial charge in [-0.1, -0.05) is 37.3 Å². The van der Waals surface area contributed by atoms with Crippen molar-refractivity contribution in [2.24, 2.45) is 17.8 Å². The summed E-state index contributed by atoms with van der Waals surface area (Å²) in [6.45, 7) is 2.01. The molecule has 1 aromatic carbocycles. The van der Waals surface area contributed by atoms with Crippen LogP contribution >= 0.6 is 0 Å². The summed E-state index contributed by atoms with van der Waals surface area (Å²) in [5.74, 6) is 0.325. The maximum atomic E-state index is 12.1. The zero-order valence-electron chi connectivity index (χ0n) is 10.1. The maximum Gasteiger partial charge on any atom is 0.305 e. The van der Waals surface area contributed by atoms with Gasteiger partial charge in [-0.25, -0.2) is 0 Å². The summed E-state index contributed by atoms with van der Waals surface area (Å²) in [6.07, 6.45) is 0.348. The minimum atomic E-state index is -0.231. The highest BCUT2D eigenvalue weighted by molar-refractivity contribution is 6.00. The number of ketones is 1. The lowest BCUT2D eigenvalue weighted by atomic mass is 10.1. The molecule has 0 radical (unpaired) electrons. The number of carbonyl (C=O) groups is 2. The van der Waals surface area contributed by atoms with Crippen LogP contribution in [-0.2, 0) is 9.53 Å². The molecule has 3 atom stereocenters. The predicted octanol–water partition coefficient (Wildman–Crippen LogP) is 2.31. The van der Waals surface area contributed by atoms with E-state index >= 15 is 0 Å². The summed E-state index contributed by atoms with van der Waals surface area (Å²) in [7, 11) is 1.38. The second-order valence-electron chi connectivity index (χ2n) is 4.56. The van der Waals surface area contributed by atoms with Crippen LogP contribution in [0.1, 0.15) is 23.7 Å². The highest BCUT2D eigenvalue weighted by Crippen LogP contribution is 2.50. The van der Waals surface area contributed by atoms with E-state index in [9.17, 15) is 9.59 Å². The van der Waals surface area contributed by atoms with Gasteiger partial charge in [-0.15, -0.1) is 0 Å². The highest BCUT2D eigenvalue weighted by Gasteiger charge is 2.52. The van der Waals surface area contributed by atoms with Gasteiger partial charge in [0, 0.05) is 17.9 Å². The van der Waals surface area contributed by atoms with Crippen LogP contribution in [0.25, 0.3) is 0 Å². The summed E-state index contributed by atoms with van der Waals surface area (Å²) in [5, 5.41) is 0. The molecule has 17 heavy (non-hydrogen) atoms. The fraction of sp³-hybridized carbons (Fsp3) is 0.429. The smallest absolute Gasteiger partial charge is 0.305 e. The van der Waals surface area contributed by atoms with Gasteiger partial charge >= 0.3 is 5.97 Å². The molecule has 1 fully saturated rings. The molecule has 0 saturated heterocycles. The lowest BCUT2D eigenvalue weighted by Crippen LogP contribution is -2.07. The molecule has 0 amide bonds. The van der Waals surface area contributed by atoms with Crippen molar-refractivity contribution in [2.45, 2.75) is 13.3 Å². The van der Waals surface area contributed by atoms with Crippen LogP contribution < -0.4 is 0 Å². The van der Waals surface area contributed by atoms with Crippen LogP contribution in [0, 0.1) is 17.8 Å². The molecular weight excluding hydrogens is 216 g/mol. The molecule has 1 saturated carbocycles. The van der Waals surface area contributed by atoms with Gasteiger partial charge in [0.25, 0.3) is 0 Å². The number of esters is 1. The van der Waals surface area contributed by atoms with Crippen molar-refractivity contribution in [3.05, 3.63) is 35.9 Å². The summed E-state index contributed by atoms with van der Waals surface area (Å²) in [4.78, 5) is 23.3. The van der Waals surface area contributed by atoms with Gasteiger partial charge in [0.1, 0.15) is 0 Å². The lowest BCUT2D eigenvalue weighted by Gasteiger charge is -1.99. The van der Waals surface area contributed by atoms with Gasteiger partial charge < -0.3 is 4.74 Å². The Morgan fingerprint density at radius 1 is 1.24 bits per heavy atom. The molecule has 1 aliphatic rings. The van der Waals surface area contributed by atoms with E-state index in [1.807, 2.05) is 37.3 Å². The average Bonchev–Trinajstić information content (AvgIpc) is 2.99. The first-order valence-electron chi connectivity index (χ1n) is 5.81. The fourth-order valence-corrected chi connectivity index (χ4v) is 2.36. The summed E-state index contributed by atoms with van der Waals surface area (Å²) < 4.78 is 4.63. The van der Waals surface area contributed by atoms with Crippen molar-refractivity contribution in [3.8, 4) is 0 Å². The Kier molecular flexibility index (Phi) is 3.27.